The molecule has 4 amide bonds. The van der Waals surface area contributed by atoms with Crippen LogP contribution in [0.2, 0.25) is 0 Å². The van der Waals surface area contributed by atoms with E-state index in [0.717, 1.165) is 4.90 Å². The zero-order valence-electron chi connectivity index (χ0n) is 8.03. The summed E-state index contributed by atoms with van der Waals surface area (Å²) in [7, 11) is 0. The summed E-state index contributed by atoms with van der Waals surface area (Å²) in [5.41, 5.74) is 0.292. The molecule has 1 fully saturated rings. The van der Waals surface area contributed by atoms with Crippen LogP contribution in [0.1, 0.15) is 6.42 Å². The Hall–Kier alpha value is -2.17. The predicted molar refractivity (Wildman–Crippen MR) is 53.5 cm³/mol. The van der Waals surface area contributed by atoms with Gasteiger partial charge in [0.15, 0.2) is 0 Å². The molecule has 0 aliphatic carbocycles. The Morgan fingerprint density at radius 2 is 2.00 bits per heavy atom. The molecule has 1 N–H and O–H groups in total. The Morgan fingerprint density at radius 3 is 2.47 bits per heavy atom. The van der Waals surface area contributed by atoms with Crippen LogP contribution in [0.15, 0.2) is 37.1 Å². The van der Waals surface area contributed by atoms with Gasteiger partial charge < -0.3 is 0 Å². The van der Waals surface area contributed by atoms with E-state index < -0.39 is 17.8 Å². The van der Waals surface area contributed by atoms with Crippen molar-refractivity contribution in [3.63, 3.8) is 0 Å². The van der Waals surface area contributed by atoms with Gasteiger partial charge in [-0.3, -0.25) is 14.9 Å². The van der Waals surface area contributed by atoms with E-state index in [2.05, 4.69) is 13.2 Å². The Labute approximate surface area is 86.7 Å². The van der Waals surface area contributed by atoms with Crippen molar-refractivity contribution in [2.45, 2.75) is 6.42 Å². The lowest BCUT2D eigenvalue weighted by molar-refractivity contribution is -0.134. The lowest BCUT2D eigenvalue weighted by Crippen LogP contribution is -2.51. The van der Waals surface area contributed by atoms with Gasteiger partial charge in [0.2, 0.25) is 11.8 Å². The smallest absolute Gasteiger partial charge is 0.277 e. The Kier molecular flexibility index (Phi) is 3.17. The van der Waals surface area contributed by atoms with Gasteiger partial charge in [-0.15, -0.1) is 0 Å². The average Bonchev–Trinajstić information content (AvgIpc) is 2.14. The van der Waals surface area contributed by atoms with Crippen molar-refractivity contribution in [3.8, 4) is 0 Å². The van der Waals surface area contributed by atoms with E-state index in [4.69, 9.17) is 0 Å². The van der Waals surface area contributed by atoms with Gasteiger partial charge in [-0.25, -0.2) is 9.69 Å². The molecule has 5 heteroatoms. The number of hydrogen-bond donors (Lipinski definition) is 1. The number of imide groups is 2. The van der Waals surface area contributed by atoms with E-state index in [-0.39, 0.29) is 6.42 Å². The summed E-state index contributed by atoms with van der Waals surface area (Å²) in [5.74, 6) is -1.17. The van der Waals surface area contributed by atoms with Crippen LogP contribution < -0.4 is 5.32 Å². The van der Waals surface area contributed by atoms with E-state index in [9.17, 15) is 14.4 Å². The normalized spacial score (nSPS) is 17.5. The van der Waals surface area contributed by atoms with Gasteiger partial charge in [0.1, 0.15) is 6.42 Å². The highest BCUT2D eigenvalue weighted by molar-refractivity contribution is 6.15. The molecular formula is C10H10N2O3. The number of hydrogen-bond acceptors (Lipinski definition) is 3. The largest absolute Gasteiger partial charge is 0.335 e. The van der Waals surface area contributed by atoms with E-state index in [0.29, 0.717) is 5.70 Å². The third-order valence-corrected chi connectivity index (χ3v) is 1.77. The molecule has 1 rings (SSSR count). The maximum absolute atomic E-state index is 11.4. The fourth-order valence-electron chi connectivity index (χ4n) is 1.16. The molecule has 0 saturated carbocycles. The molecule has 0 radical (unpaired) electrons. The molecule has 0 spiro atoms. The first-order valence-electron chi connectivity index (χ1n) is 4.22. The molecule has 0 aromatic heterocycles. The summed E-state index contributed by atoms with van der Waals surface area (Å²) in [6.45, 7) is 6.92. The molecule has 1 heterocycles. The minimum absolute atomic E-state index is 0.292. The zero-order valence-corrected chi connectivity index (χ0v) is 8.03. The first-order valence-corrected chi connectivity index (χ1v) is 4.22. The lowest BCUT2D eigenvalue weighted by Gasteiger charge is -2.25. The highest BCUT2D eigenvalue weighted by Gasteiger charge is 2.32. The molecule has 0 atom stereocenters. The fourth-order valence-corrected chi connectivity index (χ4v) is 1.16. The molecule has 1 aliphatic heterocycles. The summed E-state index contributed by atoms with van der Waals surface area (Å²) in [6.07, 6.45) is 3.89. The molecule has 0 aromatic carbocycles. The first kappa shape index (κ1) is 10.9. The van der Waals surface area contributed by atoms with Crippen LogP contribution in [0, 0.1) is 0 Å². The Balaban J connectivity index is 3.02. The molecule has 1 saturated heterocycles. The monoisotopic (exact) mass is 206 g/mol. The van der Waals surface area contributed by atoms with Crippen LogP contribution in [0.25, 0.3) is 0 Å². The minimum atomic E-state index is -0.760. The molecule has 0 bridgehead atoms. The van der Waals surface area contributed by atoms with Gasteiger partial charge in [0, 0.05) is 0 Å². The second kappa shape index (κ2) is 4.36. The van der Waals surface area contributed by atoms with Crippen LogP contribution in [-0.4, -0.2) is 22.7 Å². The second-order valence-corrected chi connectivity index (χ2v) is 2.79. The summed E-state index contributed by atoms with van der Waals surface area (Å²) in [6, 6.07) is -0.760. The van der Waals surface area contributed by atoms with Crippen LogP contribution in [0.4, 0.5) is 4.79 Å². The van der Waals surface area contributed by atoms with Crippen LogP contribution >= 0.6 is 0 Å². The third-order valence-electron chi connectivity index (χ3n) is 1.77. The summed E-state index contributed by atoms with van der Waals surface area (Å²) in [5, 5.41) is 2.04. The van der Waals surface area contributed by atoms with Crippen LogP contribution in [-0.2, 0) is 9.59 Å². The standard InChI is InChI=1S/C10H10N2O3/c1-3-5-7(4-2)12-9(14)6-8(13)11-10(12)15/h3-5H,1-2,6H2,(H,11,13,15)/b7-5+. The van der Waals surface area contributed by atoms with E-state index in [1.807, 2.05) is 5.32 Å². The minimum Gasteiger partial charge on any atom is -0.277 e. The van der Waals surface area contributed by atoms with Gasteiger partial charge in [-0.2, -0.15) is 0 Å². The highest BCUT2D eigenvalue weighted by atomic mass is 16.2. The van der Waals surface area contributed by atoms with Crippen molar-refractivity contribution in [2.24, 2.45) is 0 Å². The molecule has 15 heavy (non-hydrogen) atoms. The average molecular weight is 206 g/mol. The number of rotatable bonds is 3. The van der Waals surface area contributed by atoms with Gasteiger partial charge >= 0.3 is 6.03 Å². The first-order chi connectivity index (χ1) is 7.10. The molecule has 78 valence electrons. The molecule has 5 nitrogen and oxygen atoms in total. The molecule has 1 aliphatic rings. The number of nitrogens with zero attached hydrogens (tertiary/aromatic N) is 1. The van der Waals surface area contributed by atoms with Crippen molar-refractivity contribution in [2.75, 3.05) is 0 Å². The molecule has 0 unspecified atom stereocenters. The van der Waals surface area contributed by atoms with Crippen molar-refractivity contribution in [1.29, 1.82) is 0 Å². The van der Waals surface area contributed by atoms with E-state index in [1.54, 1.807) is 0 Å². The number of amides is 4. The number of carbonyl (C=O) groups excluding carboxylic acids is 3. The quantitative estimate of drug-likeness (QED) is 0.546. The SMILES string of the molecule is C=C/C=C(\C=C)N1C(=O)CC(=O)NC1=O. The van der Waals surface area contributed by atoms with Gasteiger partial charge in [0.25, 0.3) is 0 Å². The van der Waals surface area contributed by atoms with Crippen molar-refractivity contribution in [1.82, 2.24) is 10.2 Å². The predicted octanol–water partition coefficient (Wildman–Crippen LogP) is 0.711. The number of barbiturate groups is 1. The van der Waals surface area contributed by atoms with Crippen LogP contribution in [0.3, 0.4) is 0 Å². The third kappa shape index (κ3) is 2.19. The van der Waals surface area contributed by atoms with E-state index in [1.165, 1.54) is 18.2 Å². The lowest BCUT2D eigenvalue weighted by atomic mass is 10.2. The van der Waals surface area contributed by atoms with E-state index >= 15 is 0 Å². The number of allylic oxidation sites excluding steroid dienone is 3. The fraction of sp³-hybridized carbons (Fsp3) is 0.100. The number of nitrogens with one attached hydrogen (secondary N) is 1. The maximum Gasteiger partial charge on any atom is 0.335 e. The van der Waals surface area contributed by atoms with Crippen molar-refractivity contribution >= 4 is 17.8 Å². The maximum atomic E-state index is 11.4. The van der Waals surface area contributed by atoms with Gasteiger partial charge in [-0.05, 0) is 12.2 Å². The summed E-state index contributed by atoms with van der Waals surface area (Å²) < 4.78 is 0. The second-order valence-electron chi connectivity index (χ2n) is 2.79. The number of urea groups is 1. The van der Waals surface area contributed by atoms with Gasteiger partial charge in [-0.1, -0.05) is 19.2 Å². The number of carbonyl (C=O) groups is 3. The summed E-state index contributed by atoms with van der Waals surface area (Å²) in [4.78, 5) is 34.5. The highest BCUT2D eigenvalue weighted by Crippen LogP contribution is 2.12. The zero-order chi connectivity index (χ0) is 11.4. The Bertz CT molecular complexity index is 362. The Morgan fingerprint density at radius 1 is 1.33 bits per heavy atom. The topological polar surface area (TPSA) is 66.5 Å². The van der Waals surface area contributed by atoms with Crippen molar-refractivity contribution < 1.29 is 14.4 Å². The molecule has 0 aromatic rings. The van der Waals surface area contributed by atoms with Crippen LogP contribution in [0.5, 0.6) is 0 Å². The molecular weight excluding hydrogens is 196 g/mol. The van der Waals surface area contributed by atoms with Crippen molar-refractivity contribution in [3.05, 3.63) is 37.1 Å². The summed E-state index contributed by atoms with van der Waals surface area (Å²) >= 11 is 0. The van der Waals surface area contributed by atoms with Gasteiger partial charge in [0.05, 0.1) is 5.70 Å².